The van der Waals surface area contributed by atoms with E-state index in [0.717, 1.165) is 29.7 Å². The second-order valence-corrected chi connectivity index (χ2v) is 9.60. The minimum atomic E-state index is 0.816. The zero-order chi connectivity index (χ0) is 17.1. The minimum Gasteiger partial charge on any atom is -0.303 e. The van der Waals surface area contributed by atoms with E-state index in [1.165, 1.54) is 78.0 Å². The summed E-state index contributed by atoms with van der Waals surface area (Å²) in [6, 6.07) is 0.916. The van der Waals surface area contributed by atoms with Gasteiger partial charge in [0.25, 0.3) is 0 Å². The topological polar surface area (TPSA) is 9.72 Å². The molecule has 1 saturated carbocycles. The Morgan fingerprint density at radius 3 is 1.96 bits per heavy atom. The second-order valence-electron chi connectivity index (χ2n) is 9.60. The monoisotopic (exact) mass is 335 g/mol. The summed E-state index contributed by atoms with van der Waals surface area (Å²) in [7, 11) is 0. The minimum absolute atomic E-state index is 0.816. The van der Waals surface area contributed by atoms with E-state index < -0.39 is 0 Å². The first-order valence-electron chi connectivity index (χ1n) is 10.7. The highest BCUT2D eigenvalue weighted by Crippen LogP contribution is 2.37. The zero-order valence-electron chi connectivity index (χ0n) is 16.7. The molecular formula is C21H41N3. The second kappa shape index (κ2) is 8.51. The summed E-state index contributed by atoms with van der Waals surface area (Å²) in [5, 5.41) is 0. The van der Waals surface area contributed by atoms with E-state index in [-0.39, 0.29) is 0 Å². The van der Waals surface area contributed by atoms with Crippen molar-refractivity contribution in [1.82, 2.24) is 14.7 Å². The molecule has 3 heteroatoms. The van der Waals surface area contributed by atoms with Gasteiger partial charge in [0.2, 0.25) is 0 Å². The molecule has 0 aromatic carbocycles. The van der Waals surface area contributed by atoms with Crippen molar-refractivity contribution in [3.05, 3.63) is 0 Å². The van der Waals surface area contributed by atoms with Gasteiger partial charge < -0.3 is 9.80 Å². The molecule has 0 bridgehead atoms. The summed E-state index contributed by atoms with van der Waals surface area (Å²) >= 11 is 0. The molecule has 1 aliphatic carbocycles. The van der Waals surface area contributed by atoms with Crippen LogP contribution in [-0.4, -0.2) is 73.1 Å². The molecule has 0 unspecified atom stereocenters. The molecule has 140 valence electrons. The summed E-state index contributed by atoms with van der Waals surface area (Å²) in [4.78, 5) is 8.24. The molecule has 0 aromatic heterocycles. The molecule has 2 heterocycles. The molecule has 0 aromatic rings. The lowest BCUT2D eigenvalue weighted by molar-refractivity contribution is 0.0129. The van der Waals surface area contributed by atoms with E-state index in [0.29, 0.717) is 0 Å². The fourth-order valence-corrected chi connectivity index (χ4v) is 5.02. The van der Waals surface area contributed by atoms with Gasteiger partial charge in [0.15, 0.2) is 0 Å². The van der Waals surface area contributed by atoms with Gasteiger partial charge in [-0.1, -0.05) is 27.7 Å². The highest BCUT2D eigenvalue weighted by Gasteiger charge is 2.36. The molecule has 24 heavy (non-hydrogen) atoms. The lowest BCUT2D eigenvalue weighted by Gasteiger charge is -2.48. The van der Waals surface area contributed by atoms with Gasteiger partial charge in [0.1, 0.15) is 0 Å². The van der Waals surface area contributed by atoms with Crippen molar-refractivity contribution in [3.63, 3.8) is 0 Å². The molecule has 0 N–H and O–H groups in total. The van der Waals surface area contributed by atoms with Gasteiger partial charge >= 0.3 is 0 Å². The summed E-state index contributed by atoms with van der Waals surface area (Å²) in [6.07, 6.45) is 5.77. The Kier molecular flexibility index (Phi) is 6.62. The molecule has 2 saturated heterocycles. The molecule has 3 rings (SSSR count). The Morgan fingerprint density at radius 2 is 1.42 bits per heavy atom. The number of piperazine rings is 1. The summed E-state index contributed by atoms with van der Waals surface area (Å²) in [5.41, 5.74) is 0. The zero-order valence-corrected chi connectivity index (χ0v) is 16.7. The van der Waals surface area contributed by atoms with Crippen LogP contribution < -0.4 is 0 Å². The molecule has 3 nitrogen and oxygen atoms in total. The standard InChI is InChI=1S/C21H41N3/c1-17(2)15-22-7-5-19(6-8-22)16-23-9-11-24(12-10-23)21-13-20(14-21)18(3)4/h17-21H,5-16H2,1-4H3. The fourth-order valence-electron chi connectivity index (χ4n) is 5.02. The van der Waals surface area contributed by atoms with E-state index in [1.807, 2.05) is 0 Å². The van der Waals surface area contributed by atoms with Gasteiger partial charge in [-0.2, -0.15) is 0 Å². The maximum Gasteiger partial charge on any atom is 0.0113 e. The van der Waals surface area contributed by atoms with Crippen LogP contribution in [0.2, 0.25) is 0 Å². The first-order valence-corrected chi connectivity index (χ1v) is 10.7. The van der Waals surface area contributed by atoms with Crippen molar-refractivity contribution in [2.75, 3.05) is 52.4 Å². The number of likely N-dealkylation sites (tertiary alicyclic amines) is 1. The van der Waals surface area contributed by atoms with E-state index in [9.17, 15) is 0 Å². The summed E-state index contributed by atoms with van der Waals surface area (Å²) in [6.45, 7) is 20.1. The van der Waals surface area contributed by atoms with Crippen molar-refractivity contribution < 1.29 is 0 Å². The van der Waals surface area contributed by atoms with Crippen LogP contribution in [0.15, 0.2) is 0 Å². The quantitative estimate of drug-likeness (QED) is 0.736. The molecule has 2 aliphatic heterocycles. The smallest absolute Gasteiger partial charge is 0.0113 e. The van der Waals surface area contributed by atoms with Crippen LogP contribution in [0, 0.1) is 23.7 Å². The van der Waals surface area contributed by atoms with Crippen LogP contribution in [-0.2, 0) is 0 Å². The Balaban J connectivity index is 1.31. The van der Waals surface area contributed by atoms with Crippen molar-refractivity contribution >= 4 is 0 Å². The number of rotatable bonds is 6. The van der Waals surface area contributed by atoms with E-state index >= 15 is 0 Å². The number of hydrogen-bond acceptors (Lipinski definition) is 3. The van der Waals surface area contributed by atoms with Gasteiger partial charge in [-0.05, 0) is 62.4 Å². The van der Waals surface area contributed by atoms with Crippen LogP contribution >= 0.6 is 0 Å². The predicted molar refractivity (Wildman–Crippen MR) is 103 cm³/mol. The molecule has 3 aliphatic rings. The van der Waals surface area contributed by atoms with E-state index in [1.54, 1.807) is 0 Å². The lowest BCUT2D eigenvalue weighted by atomic mass is 9.73. The third-order valence-electron chi connectivity index (χ3n) is 6.86. The SMILES string of the molecule is CC(C)CN1CCC(CN2CCN(C3CC(C(C)C)C3)CC2)CC1. The Labute approximate surface area is 150 Å². The molecule has 0 spiro atoms. The average Bonchev–Trinajstić information content (AvgIpc) is 2.48. The summed E-state index contributed by atoms with van der Waals surface area (Å²) in [5.74, 6) is 3.67. The van der Waals surface area contributed by atoms with Crippen LogP contribution in [0.3, 0.4) is 0 Å². The van der Waals surface area contributed by atoms with Crippen LogP contribution in [0.4, 0.5) is 0 Å². The fraction of sp³-hybridized carbons (Fsp3) is 1.00. The first-order chi connectivity index (χ1) is 11.5. The van der Waals surface area contributed by atoms with Crippen LogP contribution in [0.25, 0.3) is 0 Å². The molecule has 0 atom stereocenters. The maximum atomic E-state index is 2.79. The van der Waals surface area contributed by atoms with Crippen molar-refractivity contribution in [2.45, 2.75) is 59.4 Å². The number of hydrogen-bond donors (Lipinski definition) is 0. The number of nitrogens with zero attached hydrogens (tertiary/aromatic N) is 3. The Morgan fingerprint density at radius 1 is 0.792 bits per heavy atom. The van der Waals surface area contributed by atoms with E-state index in [4.69, 9.17) is 0 Å². The highest BCUT2D eigenvalue weighted by molar-refractivity contribution is 4.91. The highest BCUT2D eigenvalue weighted by atomic mass is 15.3. The molecule has 3 fully saturated rings. The van der Waals surface area contributed by atoms with Gasteiger partial charge in [-0.3, -0.25) is 4.90 Å². The van der Waals surface area contributed by atoms with Gasteiger partial charge in [0, 0.05) is 45.3 Å². The van der Waals surface area contributed by atoms with Crippen LogP contribution in [0.5, 0.6) is 0 Å². The summed E-state index contributed by atoms with van der Waals surface area (Å²) < 4.78 is 0. The van der Waals surface area contributed by atoms with Crippen molar-refractivity contribution in [3.8, 4) is 0 Å². The molecule has 0 radical (unpaired) electrons. The van der Waals surface area contributed by atoms with Crippen molar-refractivity contribution in [1.29, 1.82) is 0 Å². The first kappa shape index (κ1) is 18.7. The van der Waals surface area contributed by atoms with Gasteiger partial charge in [-0.25, -0.2) is 0 Å². The predicted octanol–water partition coefficient (Wildman–Crippen LogP) is 3.41. The average molecular weight is 336 g/mol. The number of piperidine rings is 1. The lowest BCUT2D eigenvalue weighted by Crippen LogP contribution is -2.55. The Hall–Kier alpha value is -0.120. The van der Waals surface area contributed by atoms with Crippen LogP contribution in [0.1, 0.15) is 53.4 Å². The Bertz CT molecular complexity index is 359. The van der Waals surface area contributed by atoms with Gasteiger partial charge in [-0.15, -0.1) is 0 Å². The third kappa shape index (κ3) is 4.95. The molecule has 0 amide bonds. The molecular weight excluding hydrogens is 294 g/mol. The largest absolute Gasteiger partial charge is 0.303 e. The normalized spacial score (nSPS) is 31.8. The maximum absolute atomic E-state index is 2.79. The van der Waals surface area contributed by atoms with Crippen molar-refractivity contribution in [2.24, 2.45) is 23.7 Å². The van der Waals surface area contributed by atoms with Gasteiger partial charge in [0.05, 0.1) is 0 Å². The van der Waals surface area contributed by atoms with E-state index in [2.05, 4.69) is 42.4 Å². The third-order valence-corrected chi connectivity index (χ3v) is 6.86.